The fourth-order valence-corrected chi connectivity index (χ4v) is 5.47. The zero-order valence-electron chi connectivity index (χ0n) is 15.7. The van der Waals surface area contributed by atoms with E-state index in [4.69, 9.17) is 15.7 Å². The van der Waals surface area contributed by atoms with E-state index in [9.17, 15) is 4.79 Å². The first-order valence-electron chi connectivity index (χ1n) is 9.63. The van der Waals surface area contributed by atoms with Gasteiger partial charge in [-0.05, 0) is 29.9 Å². The van der Waals surface area contributed by atoms with Crippen LogP contribution in [0, 0.1) is 5.92 Å². The normalized spacial score (nSPS) is 15.1. The Morgan fingerprint density at radius 2 is 1.83 bits per heavy atom. The van der Waals surface area contributed by atoms with Crippen LogP contribution in [0.15, 0.2) is 53.2 Å². The second kappa shape index (κ2) is 7.57. The van der Waals surface area contributed by atoms with Crippen LogP contribution in [0.2, 0.25) is 0 Å². The molecule has 4 aromatic rings. The Morgan fingerprint density at radius 1 is 1.03 bits per heavy atom. The zero-order chi connectivity index (χ0) is 19.8. The summed E-state index contributed by atoms with van der Waals surface area (Å²) in [6, 6.07) is 14.5. The molecule has 7 heteroatoms. The summed E-state index contributed by atoms with van der Waals surface area (Å²) in [5.74, 6) is 1.48. The maximum atomic E-state index is 11.6. The van der Waals surface area contributed by atoms with E-state index in [2.05, 4.69) is 40.6 Å². The number of piperidine rings is 1. The number of hydrogen-bond acceptors (Lipinski definition) is 6. The van der Waals surface area contributed by atoms with E-state index >= 15 is 0 Å². The molecule has 0 saturated carbocycles. The number of primary amides is 1. The van der Waals surface area contributed by atoms with Crippen LogP contribution in [-0.4, -0.2) is 29.0 Å². The third kappa shape index (κ3) is 3.41. The van der Waals surface area contributed by atoms with Gasteiger partial charge >= 0.3 is 0 Å². The molecule has 5 nitrogen and oxygen atoms in total. The lowest BCUT2D eigenvalue weighted by Gasteiger charge is -2.32. The summed E-state index contributed by atoms with van der Waals surface area (Å²) in [6.45, 7) is 1.54. The predicted molar refractivity (Wildman–Crippen MR) is 120 cm³/mol. The molecule has 4 heterocycles. The number of aromatic nitrogens is 2. The minimum absolute atomic E-state index is 0.0450. The van der Waals surface area contributed by atoms with Crippen LogP contribution >= 0.6 is 22.7 Å². The number of amides is 1. The monoisotopic (exact) mass is 420 g/mol. The average Bonchev–Trinajstić information content (AvgIpc) is 3.44. The van der Waals surface area contributed by atoms with Crippen molar-refractivity contribution in [2.45, 2.75) is 12.8 Å². The third-order valence-electron chi connectivity index (χ3n) is 5.44. The maximum Gasteiger partial charge on any atom is 0.220 e. The van der Waals surface area contributed by atoms with Gasteiger partial charge < -0.3 is 10.6 Å². The standard InChI is InChI=1S/C22H20N4OS2/c23-19(27)15-8-10-26(11-9-15)21-18-16(14-5-2-1-3-6-14)13-29-22(18)25-20(24-21)17-7-4-12-28-17/h1-7,12-13,15H,8-11H2,(H2,23,27). The summed E-state index contributed by atoms with van der Waals surface area (Å²) < 4.78 is 0. The molecule has 1 fully saturated rings. The molecular weight excluding hydrogens is 400 g/mol. The molecule has 29 heavy (non-hydrogen) atoms. The van der Waals surface area contributed by atoms with E-state index in [1.165, 1.54) is 5.56 Å². The molecule has 0 unspecified atom stereocenters. The molecule has 0 radical (unpaired) electrons. The highest BCUT2D eigenvalue weighted by molar-refractivity contribution is 7.17. The number of thiophene rings is 2. The van der Waals surface area contributed by atoms with Crippen molar-refractivity contribution in [1.29, 1.82) is 0 Å². The van der Waals surface area contributed by atoms with Gasteiger partial charge in [0.2, 0.25) is 5.91 Å². The van der Waals surface area contributed by atoms with Crippen molar-refractivity contribution in [3.63, 3.8) is 0 Å². The molecule has 1 aliphatic rings. The van der Waals surface area contributed by atoms with Gasteiger partial charge in [-0.3, -0.25) is 4.79 Å². The Hall–Kier alpha value is -2.77. The Balaban J connectivity index is 1.65. The molecule has 5 rings (SSSR count). The smallest absolute Gasteiger partial charge is 0.220 e. The van der Waals surface area contributed by atoms with Crippen LogP contribution in [-0.2, 0) is 4.79 Å². The SMILES string of the molecule is NC(=O)C1CCN(c2nc(-c3cccs3)nc3scc(-c4ccccc4)c23)CC1. The fraction of sp³-hybridized carbons (Fsp3) is 0.227. The van der Waals surface area contributed by atoms with Crippen molar-refractivity contribution < 1.29 is 4.79 Å². The van der Waals surface area contributed by atoms with Gasteiger partial charge in [0.05, 0.1) is 10.3 Å². The maximum absolute atomic E-state index is 11.6. The molecule has 0 bridgehead atoms. The van der Waals surface area contributed by atoms with Gasteiger partial charge in [-0.15, -0.1) is 22.7 Å². The van der Waals surface area contributed by atoms with Crippen molar-refractivity contribution in [1.82, 2.24) is 9.97 Å². The van der Waals surface area contributed by atoms with Crippen LogP contribution in [0.5, 0.6) is 0 Å². The number of nitrogens with zero attached hydrogens (tertiary/aromatic N) is 3. The van der Waals surface area contributed by atoms with E-state index in [0.29, 0.717) is 0 Å². The first-order chi connectivity index (χ1) is 14.2. The number of fused-ring (bicyclic) bond motifs is 1. The highest BCUT2D eigenvalue weighted by atomic mass is 32.1. The molecule has 1 aromatic carbocycles. The van der Waals surface area contributed by atoms with E-state index < -0.39 is 0 Å². The molecule has 1 aliphatic heterocycles. The first kappa shape index (κ1) is 18.3. The van der Waals surface area contributed by atoms with Gasteiger partial charge in [0, 0.05) is 30.0 Å². The molecule has 3 aromatic heterocycles. The van der Waals surface area contributed by atoms with Crippen molar-refractivity contribution in [2.24, 2.45) is 11.7 Å². The molecule has 1 amide bonds. The van der Waals surface area contributed by atoms with Crippen LogP contribution in [0.4, 0.5) is 5.82 Å². The summed E-state index contributed by atoms with van der Waals surface area (Å²) in [5, 5.41) is 5.32. The van der Waals surface area contributed by atoms with Gasteiger partial charge in [-0.25, -0.2) is 9.97 Å². The summed E-state index contributed by atoms with van der Waals surface area (Å²) >= 11 is 3.30. The van der Waals surface area contributed by atoms with Gasteiger partial charge in [0.1, 0.15) is 10.6 Å². The average molecular weight is 421 g/mol. The summed E-state index contributed by atoms with van der Waals surface area (Å²) in [5.41, 5.74) is 7.86. The number of hydrogen-bond donors (Lipinski definition) is 1. The van der Waals surface area contributed by atoms with Crippen LogP contribution < -0.4 is 10.6 Å². The van der Waals surface area contributed by atoms with Crippen LogP contribution in [0.25, 0.3) is 32.0 Å². The lowest BCUT2D eigenvalue weighted by Crippen LogP contribution is -2.39. The van der Waals surface area contributed by atoms with Crippen molar-refractivity contribution in [2.75, 3.05) is 18.0 Å². The quantitative estimate of drug-likeness (QED) is 0.515. The number of anilines is 1. The van der Waals surface area contributed by atoms with Gasteiger partial charge in [-0.1, -0.05) is 36.4 Å². The van der Waals surface area contributed by atoms with Crippen molar-refractivity contribution in [3.8, 4) is 21.8 Å². The lowest BCUT2D eigenvalue weighted by molar-refractivity contribution is -0.122. The Morgan fingerprint density at radius 3 is 2.52 bits per heavy atom. The minimum Gasteiger partial charge on any atom is -0.369 e. The second-order valence-electron chi connectivity index (χ2n) is 7.21. The van der Waals surface area contributed by atoms with E-state index in [1.54, 1.807) is 22.7 Å². The second-order valence-corrected chi connectivity index (χ2v) is 9.01. The predicted octanol–water partition coefficient (Wildman–Crippen LogP) is 4.79. The molecule has 0 atom stereocenters. The molecule has 146 valence electrons. The topological polar surface area (TPSA) is 72.1 Å². The number of carbonyl (C=O) groups is 1. The van der Waals surface area contributed by atoms with E-state index in [-0.39, 0.29) is 11.8 Å². The zero-order valence-corrected chi connectivity index (χ0v) is 17.4. The highest BCUT2D eigenvalue weighted by Crippen LogP contribution is 2.40. The molecule has 1 saturated heterocycles. The highest BCUT2D eigenvalue weighted by Gasteiger charge is 2.27. The van der Waals surface area contributed by atoms with E-state index in [0.717, 1.165) is 58.2 Å². The lowest BCUT2D eigenvalue weighted by atomic mass is 9.96. The van der Waals surface area contributed by atoms with Crippen molar-refractivity contribution >= 4 is 44.6 Å². The van der Waals surface area contributed by atoms with E-state index in [1.807, 2.05) is 17.5 Å². The number of carbonyl (C=O) groups excluding carboxylic acids is 1. The number of nitrogens with two attached hydrogens (primary N) is 1. The third-order valence-corrected chi connectivity index (χ3v) is 7.18. The fourth-order valence-electron chi connectivity index (χ4n) is 3.87. The summed E-state index contributed by atoms with van der Waals surface area (Å²) in [4.78, 5) is 25.8. The summed E-state index contributed by atoms with van der Waals surface area (Å²) in [6.07, 6.45) is 1.53. The number of rotatable bonds is 4. The molecular formula is C22H20N4OS2. The Labute approximate surface area is 176 Å². The minimum atomic E-state index is -0.197. The van der Waals surface area contributed by atoms with Gasteiger partial charge in [-0.2, -0.15) is 0 Å². The number of benzene rings is 1. The largest absolute Gasteiger partial charge is 0.369 e. The van der Waals surface area contributed by atoms with Crippen LogP contribution in [0.1, 0.15) is 12.8 Å². The Bertz CT molecular complexity index is 1150. The molecule has 2 N–H and O–H groups in total. The van der Waals surface area contributed by atoms with Crippen molar-refractivity contribution in [3.05, 3.63) is 53.2 Å². The Kier molecular flexibility index (Phi) is 4.77. The first-order valence-corrected chi connectivity index (χ1v) is 11.4. The van der Waals surface area contributed by atoms with Gasteiger partial charge in [0.15, 0.2) is 5.82 Å². The summed E-state index contributed by atoms with van der Waals surface area (Å²) in [7, 11) is 0. The molecule has 0 aliphatic carbocycles. The van der Waals surface area contributed by atoms with Gasteiger partial charge in [0.25, 0.3) is 0 Å². The van der Waals surface area contributed by atoms with Crippen LogP contribution in [0.3, 0.4) is 0 Å². The molecule has 0 spiro atoms.